The molecule has 0 fully saturated rings. The molecule has 0 unspecified atom stereocenters. The molecule has 4 heteroatoms. The molecule has 0 bridgehead atoms. The van der Waals surface area contributed by atoms with Crippen LogP contribution in [0.5, 0.6) is 5.75 Å². The van der Waals surface area contributed by atoms with E-state index in [1.165, 1.54) is 18.2 Å². The van der Waals surface area contributed by atoms with Crippen molar-refractivity contribution in [2.24, 2.45) is 0 Å². The zero-order chi connectivity index (χ0) is 12.0. The van der Waals surface area contributed by atoms with Gasteiger partial charge in [-0.2, -0.15) is 0 Å². The van der Waals surface area contributed by atoms with Gasteiger partial charge in [-0.25, -0.2) is 4.39 Å². The van der Waals surface area contributed by atoms with E-state index in [2.05, 4.69) is 0 Å². The van der Waals surface area contributed by atoms with Crippen LogP contribution in [0.25, 0.3) is 6.08 Å². The van der Waals surface area contributed by atoms with Crippen molar-refractivity contribution >= 4 is 12.0 Å². The van der Waals surface area contributed by atoms with Crippen LogP contribution in [0.2, 0.25) is 0 Å². The predicted octanol–water partition coefficient (Wildman–Crippen LogP) is 2.50. The molecule has 1 aromatic carbocycles. The van der Waals surface area contributed by atoms with Gasteiger partial charge in [0.2, 0.25) is 0 Å². The van der Waals surface area contributed by atoms with Gasteiger partial charge >= 0.3 is 5.97 Å². The number of carbonyl (C=O) groups excluding carboxylic acids is 1. The van der Waals surface area contributed by atoms with Crippen molar-refractivity contribution in [3.63, 3.8) is 0 Å². The molecule has 0 saturated heterocycles. The minimum Gasteiger partial charge on any atom is -0.505 e. The minimum atomic E-state index is -0.664. The van der Waals surface area contributed by atoms with Gasteiger partial charge in [-0.1, -0.05) is 18.2 Å². The molecular weight excluding hydrogens is 211 g/mol. The molecule has 0 heterocycles. The Morgan fingerprint density at radius 2 is 2.31 bits per heavy atom. The summed E-state index contributed by atoms with van der Waals surface area (Å²) in [5, 5.41) is 9.09. The highest BCUT2D eigenvalue weighted by Crippen LogP contribution is 2.17. The smallest absolute Gasteiger partial charge is 0.309 e. The average molecular weight is 224 g/mol. The molecule has 1 aromatic rings. The van der Waals surface area contributed by atoms with E-state index in [1.807, 2.05) is 0 Å². The van der Waals surface area contributed by atoms with Gasteiger partial charge in [0.05, 0.1) is 13.0 Å². The normalized spacial score (nSPS) is 10.6. The van der Waals surface area contributed by atoms with E-state index in [0.29, 0.717) is 12.2 Å². The van der Waals surface area contributed by atoms with Crippen molar-refractivity contribution in [1.82, 2.24) is 0 Å². The highest BCUT2D eigenvalue weighted by molar-refractivity contribution is 5.72. The lowest BCUT2D eigenvalue weighted by Crippen LogP contribution is -2.01. The van der Waals surface area contributed by atoms with Gasteiger partial charge < -0.3 is 9.84 Å². The summed E-state index contributed by atoms with van der Waals surface area (Å²) in [6, 6.07) is 3.97. The highest BCUT2D eigenvalue weighted by atomic mass is 19.1. The molecule has 1 rings (SSSR count). The lowest BCUT2D eigenvalue weighted by molar-refractivity contribution is -0.142. The Morgan fingerprint density at radius 1 is 1.56 bits per heavy atom. The molecule has 16 heavy (non-hydrogen) atoms. The Kier molecular flexibility index (Phi) is 4.51. The van der Waals surface area contributed by atoms with Gasteiger partial charge in [-0.3, -0.25) is 4.79 Å². The largest absolute Gasteiger partial charge is 0.505 e. The molecule has 0 aliphatic carbocycles. The molecular formula is C12H13FO3. The van der Waals surface area contributed by atoms with Gasteiger partial charge in [-0.15, -0.1) is 0 Å². The second-order valence-electron chi connectivity index (χ2n) is 3.12. The number of halogens is 1. The second-order valence-corrected chi connectivity index (χ2v) is 3.12. The minimum absolute atomic E-state index is 0.159. The van der Waals surface area contributed by atoms with E-state index in [0.717, 1.165) is 0 Å². The Hall–Kier alpha value is -1.84. The van der Waals surface area contributed by atoms with Crippen LogP contribution in [0, 0.1) is 5.82 Å². The van der Waals surface area contributed by atoms with Crippen LogP contribution < -0.4 is 0 Å². The van der Waals surface area contributed by atoms with E-state index in [-0.39, 0.29) is 12.4 Å². The summed E-state index contributed by atoms with van der Waals surface area (Å²) in [5.41, 5.74) is 0.628. The van der Waals surface area contributed by atoms with E-state index in [1.54, 1.807) is 19.1 Å². The van der Waals surface area contributed by atoms with E-state index in [9.17, 15) is 9.18 Å². The van der Waals surface area contributed by atoms with Crippen molar-refractivity contribution in [2.75, 3.05) is 6.61 Å². The van der Waals surface area contributed by atoms with Crippen molar-refractivity contribution in [3.05, 3.63) is 35.7 Å². The Balaban J connectivity index is 2.56. The quantitative estimate of drug-likeness (QED) is 0.799. The van der Waals surface area contributed by atoms with Crippen LogP contribution in [0.4, 0.5) is 4.39 Å². The Labute approximate surface area is 93.2 Å². The third kappa shape index (κ3) is 3.73. The topological polar surface area (TPSA) is 46.5 Å². The van der Waals surface area contributed by atoms with Crippen LogP contribution in [-0.2, 0) is 9.53 Å². The Morgan fingerprint density at radius 3 is 2.94 bits per heavy atom. The monoisotopic (exact) mass is 224 g/mol. The van der Waals surface area contributed by atoms with E-state index in [4.69, 9.17) is 9.84 Å². The summed E-state index contributed by atoms with van der Waals surface area (Å²) in [7, 11) is 0. The molecule has 0 aliphatic rings. The second kappa shape index (κ2) is 5.90. The molecule has 0 radical (unpaired) electrons. The first-order chi connectivity index (χ1) is 7.63. The molecule has 0 aliphatic heterocycles. The summed E-state index contributed by atoms with van der Waals surface area (Å²) in [6.07, 6.45) is 3.38. The maximum atomic E-state index is 12.7. The maximum absolute atomic E-state index is 12.7. The summed E-state index contributed by atoms with van der Waals surface area (Å²) >= 11 is 0. The number of rotatable bonds is 4. The van der Waals surface area contributed by atoms with E-state index < -0.39 is 11.6 Å². The number of phenols is 1. The van der Waals surface area contributed by atoms with Gasteiger partial charge in [0.25, 0.3) is 0 Å². The van der Waals surface area contributed by atoms with Crippen LogP contribution in [0.15, 0.2) is 24.3 Å². The molecule has 0 spiro atoms. The molecule has 3 nitrogen and oxygen atoms in total. The summed E-state index contributed by atoms with van der Waals surface area (Å²) < 4.78 is 17.4. The highest BCUT2D eigenvalue weighted by Gasteiger charge is 2.00. The van der Waals surface area contributed by atoms with Gasteiger partial charge in [0, 0.05) is 0 Å². The standard InChI is InChI=1S/C12H13FO3/c1-2-16-12(15)5-3-4-9-6-7-10(13)11(14)8-9/h3-4,6-8,14H,2,5H2,1H3. The molecule has 0 saturated carbocycles. The first-order valence-corrected chi connectivity index (χ1v) is 4.94. The fourth-order valence-electron chi connectivity index (χ4n) is 1.14. The SMILES string of the molecule is CCOC(=O)CC=Cc1ccc(F)c(O)c1. The van der Waals surface area contributed by atoms with Gasteiger partial charge in [-0.05, 0) is 24.6 Å². The fraction of sp³-hybridized carbons (Fsp3) is 0.250. The van der Waals surface area contributed by atoms with Gasteiger partial charge in [0.1, 0.15) is 0 Å². The third-order valence-corrected chi connectivity index (χ3v) is 1.87. The first kappa shape index (κ1) is 12.2. The number of hydrogen-bond donors (Lipinski definition) is 1. The molecule has 0 atom stereocenters. The van der Waals surface area contributed by atoms with Crippen molar-refractivity contribution < 1.29 is 19.0 Å². The van der Waals surface area contributed by atoms with E-state index >= 15 is 0 Å². The number of aromatic hydroxyl groups is 1. The van der Waals surface area contributed by atoms with Crippen LogP contribution in [0.1, 0.15) is 18.9 Å². The Bertz CT molecular complexity index is 399. The number of esters is 1. The number of hydrogen-bond acceptors (Lipinski definition) is 3. The maximum Gasteiger partial charge on any atom is 0.309 e. The summed E-state index contributed by atoms with van der Waals surface area (Å²) in [5.74, 6) is -1.38. The molecule has 0 aromatic heterocycles. The summed E-state index contributed by atoms with van der Waals surface area (Å²) in [4.78, 5) is 11.0. The van der Waals surface area contributed by atoms with Gasteiger partial charge in [0.15, 0.2) is 11.6 Å². The van der Waals surface area contributed by atoms with Crippen LogP contribution >= 0.6 is 0 Å². The zero-order valence-electron chi connectivity index (χ0n) is 8.94. The van der Waals surface area contributed by atoms with Crippen molar-refractivity contribution in [3.8, 4) is 5.75 Å². The third-order valence-electron chi connectivity index (χ3n) is 1.87. The first-order valence-electron chi connectivity index (χ1n) is 4.94. The number of carbonyl (C=O) groups is 1. The predicted molar refractivity (Wildman–Crippen MR) is 58.3 cm³/mol. The lowest BCUT2D eigenvalue weighted by atomic mass is 10.2. The number of phenolic OH excluding ortho intramolecular Hbond substituents is 1. The van der Waals surface area contributed by atoms with Crippen molar-refractivity contribution in [1.29, 1.82) is 0 Å². The zero-order valence-corrected chi connectivity index (χ0v) is 8.94. The summed E-state index contributed by atoms with van der Waals surface area (Å²) in [6.45, 7) is 2.09. The number of benzene rings is 1. The fourth-order valence-corrected chi connectivity index (χ4v) is 1.14. The van der Waals surface area contributed by atoms with Crippen molar-refractivity contribution in [2.45, 2.75) is 13.3 Å². The molecule has 0 amide bonds. The molecule has 86 valence electrons. The van der Waals surface area contributed by atoms with Crippen LogP contribution in [-0.4, -0.2) is 17.7 Å². The number of ether oxygens (including phenoxy) is 1. The lowest BCUT2D eigenvalue weighted by Gasteiger charge is -1.98. The molecule has 1 N–H and O–H groups in total. The average Bonchev–Trinajstić information content (AvgIpc) is 2.24. The van der Waals surface area contributed by atoms with Crippen LogP contribution in [0.3, 0.4) is 0 Å².